The highest BCUT2D eigenvalue weighted by molar-refractivity contribution is 7.80. The largest absolute Gasteiger partial charge is 0.755 e. The summed E-state index contributed by atoms with van der Waals surface area (Å²) in [5, 5.41) is 0.377. The molecule has 0 bridgehead atoms. The first-order valence-corrected chi connectivity index (χ1v) is 12.9. The lowest BCUT2D eigenvalue weighted by Gasteiger charge is -2.29. The molecule has 1 heterocycles. The van der Waals surface area contributed by atoms with Gasteiger partial charge in [-0.2, -0.15) is 0 Å². The van der Waals surface area contributed by atoms with E-state index in [9.17, 15) is 17.9 Å². The molecule has 0 amide bonds. The van der Waals surface area contributed by atoms with E-state index >= 15 is 0 Å². The number of fused-ring (bicyclic) bond motifs is 1. The Kier molecular flexibility index (Phi) is 8.33. The van der Waals surface area contributed by atoms with Crippen LogP contribution in [-0.4, -0.2) is 41.6 Å². The maximum atomic E-state index is 13.5. The van der Waals surface area contributed by atoms with Gasteiger partial charge in [0.25, 0.3) is 0 Å². The standard InChI is InChI=1S/C28H28FNO7S/c1-17(2)36-25-15-22-24(37-27(26(22)28(31)35-4)19-7-9-20(29)10-8-19)16-23(25)30(38(32)33)14-13-18-5-11-21(34-3)12-6-18/h5-12,15-17H,13-14H2,1-4H3,(H,32,33)/p-1. The summed E-state index contributed by atoms with van der Waals surface area (Å²) in [6.45, 7) is 3.74. The number of carbonyl (C=O) groups is 1. The molecular weight excluding hydrogens is 513 g/mol. The molecule has 0 spiro atoms. The van der Waals surface area contributed by atoms with Gasteiger partial charge in [-0.1, -0.05) is 12.1 Å². The molecule has 0 fully saturated rings. The van der Waals surface area contributed by atoms with Gasteiger partial charge in [-0.25, -0.2) is 9.18 Å². The summed E-state index contributed by atoms with van der Waals surface area (Å²) in [6, 6.07) is 15.9. The molecule has 0 saturated carbocycles. The number of methoxy groups -OCH3 is 2. The first kappa shape index (κ1) is 27.2. The maximum absolute atomic E-state index is 13.5. The molecule has 10 heteroatoms. The summed E-state index contributed by atoms with van der Waals surface area (Å²) < 4.78 is 61.7. The topological polar surface area (TPSA) is 101 Å². The monoisotopic (exact) mass is 540 g/mol. The number of ether oxygens (including phenoxy) is 3. The Bertz CT molecular complexity index is 1450. The van der Waals surface area contributed by atoms with Crippen molar-refractivity contribution in [3.05, 3.63) is 77.6 Å². The summed E-state index contributed by atoms with van der Waals surface area (Å²) >= 11 is -2.65. The Morgan fingerprint density at radius 2 is 1.76 bits per heavy atom. The van der Waals surface area contributed by atoms with Crippen molar-refractivity contribution >= 4 is 33.9 Å². The van der Waals surface area contributed by atoms with Gasteiger partial charge in [0, 0.05) is 34.8 Å². The molecule has 1 aromatic heterocycles. The summed E-state index contributed by atoms with van der Waals surface area (Å²) in [5.74, 6) is 0.0303. The highest BCUT2D eigenvalue weighted by Gasteiger charge is 2.26. The van der Waals surface area contributed by atoms with Gasteiger partial charge in [0.1, 0.15) is 34.2 Å². The predicted octanol–water partition coefficient (Wildman–Crippen LogP) is 5.66. The Labute approximate surface area is 222 Å². The van der Waals surface area contributed by atoms with Gasteiger partial charge in [0.05, 0.1) is 26.0 Å². The van der Waals surface area contributed by atoms with E-state index in [0.717, 1.165) is 5.56 Å². The average Bonchev–Trinajstić information content (AvgIpc) is 3.26. The molecule has 4 aromatic rings. The van der Waals surface area contributed by atoms with Crippen LogP contribution in [0.3, 0.4) is 0 Å². The summed E-state index contributed by atoms with van der Waals surface area (Å²) in [7, 11) is 2.82. The van der Waals surface area contributed by atoms with Gasteiger partial charge in [-0.05, 0) is 68.3 Å². The van der Waals surface area contributed by atoms with Crippen LogP contribution in [0, 0.1) is 5.82 Å². The Morgan fingerprint density at radius 1 is 1.08 bits per heavy atom. The fourth-order valence-corrected chi connectivity index (χ4v) is 4.61. The van der Waals surface area contributed by atoms with E-state index in [1.54, 1.807) is 25.3 Å². The Morgan fingerprint density at radius 3 is 2.34 bits per heavy atom. The number of hydrogen-bond donors (Lipinski definition) is 0. The van der Waals surface area contributed by atoms with Crippen LogP contribution in [0.4, 0.5) is 10.1 Å². The first-order chi connectivity index (χ1) is 18.2. The normalized spacial score (nSPS) is 12.0. The van der Waals surface area contributed by atoms with Crippen LogP contribution in [0.1, 0.15) is 29.8 Å². The molecule has 0 aliphatic carbocycles. The molecule has 3 aromatic carbocycles. The van der Waals surface area contributed by atoms with Crippen molar-refractivity contribution in [2.45, 2.75) is 26.4 Å². The van der Waals surface area contributed by atoms with Crippen molar-refractivity contribution in [2.24, 2.45) is 0 Å². The van der Waals surface area contributed by atoms with Gasteiger partial charge in [0.15, 0.2) is 0 Å². The highest BCUT2D eigenvalue weighted by Crippen LogP contribution is 2.41. The van der Waals surface area contributed by atoms with Gasteiger partial charge in [-0.3, -0.25) is 8.51 Å². The van der Waals surface area contributed by atoms with Crippen LogP contribution in [0.5, 0.6) is 11.5 Å². The molecule has 0 saturated heterocycles. The molecule has 8 nitrogen and oxygen atoms in total. The molecule has 1 unspecified atom stereocenters. The summed E-state index contributed by atoms with van der Waals surface area (Å²) in [5.41, 5.74) is 2.00. The Hall–Kier alpha value is -3.89. The number of rotatable bonds is 10. The predicted molar refractivity (Wildman–Crippen MR) is 142 cm³/mol. The molecule has 4 rings (SSSR count). The number of anilines is 1. The van der Waals surface area contributed by atoms with E-state index in [1.807, 2.05) is 26.0 Å². The summed E-state index contributed by atoms with van der Waals surface area (Å²) in [4.78, 5) is 12.8. The molecule has 38 heavy (non-hydrogen) atoms. The average molecular weight is 541 g/mol. The number of esters is 1. The third-order valence-electron chi connectivity index (χ3n) is 5.84. The van der Waals surface area contributed by atoms with Crippen molar-refractivity contribution in [3.63, 3.8) is 0 Å². The lowest BCUT2D eigenvalue weighted by molar-refractivity contribution is 0.0603. The maximum Gasteiger partial charge on any atom is 0.342 e. The van der Waals surface area contributed by atoms with Crippen LogP contribution in [0.15, 0.2) is 65.1 Å². The van der Waals surface area contributed by atoms with Crippen molar-refractivity contribution in [2.75, 3.05) is 25.1 Å². The molecular formula is C28H27FNO7S-. The van der Waals surface area contributed by atoms with Gasteiger partial charge in [0.2, 0.25) is 0 Å². The highest BCUT2D eigenvalue weighted by atomic mass is 32.2. The zero-order chi connectivity index (χ0) is 27.4. The SMILES string of the molecule is COC(=O)c1c(-c2ccc(F)cc2)oc2cc(N(CCc3ccc(OC)cc3)S(=O)[O-])c(OC(C)C)cc12. The van der Waals surface area contributed by atoms with Gasteiger partial charge < -0.3 is 23.2 Å². The third kappa shape index (κ3) is 5.81. The minimum atomic E-state index is -2.65. The van der Waals surface area contributed by atoms with E-state index in [0.29, 0.717) is 23.1 Å². The number of carbonyl (C=O) groups excluding carboxylic acids is 1. The minimum Gasteiger partial charge on any atom is -0.755 e. The fourth-order valence-electron chi connectivity index (χ4n) is 4.06. The number of benzene rings is 3. The first-order valence-electron chi connectivity index (χ1n) is 11.8. The van der Waals surface area contributed by atoms with Crippen molar-refractivity contribution in [1.29, 1.82) is 0 Å². The zero-order valence-corrected chi connectivity index (χ0v) is 22.2. The van der Waals surface area contributed by atoms with Crippen LogP contribution in [0.2, 0.25) is 0 Å². The third-order valence-corrected chi connectivity index (χ3v) is 6.58. The van der Waals surface area contributed by atoms with E-state index in [1.165, 1.54) is 41.7 Å². The number of hydrogen-bond acceptors (Lipinski definition) is 7. The van der Waals surface area contributed by atoms with Crippen molar-refractivity contribution in [1.82, 2.24) is 0 Å². The number of nitrogens with zero attached hydrogens (tertiary/aromatic N) is 1. The number of furan rings is 1. The van der Waals surface area contributed by atoms with Crippen molar-refractivity contribution in [3.8, 4) is 22.8 Å². The number of halogens is 1. The van der Waals surface area contributed by atoms with Crippen LogP contribution in [0.25, 0.3) is 22.3 Å². The molecule has 0 aliphatic heterocycles. The molecule has 0 N–H and O–H groups in total. The molecule has 200 valence electrons. The van der Waals surface area contributed by atoms with Crippen LogP contribution in [-0.2, 0) is 22.4 Å². The van der Waals surface area contributed by atoms with E-state index in [2.05, 4.69) is 0 Å². The molecule has 1 atom stereocenters. The second-order valence-electron chi connectivity index (χ2n) is 8.70. The van der Waals surface area contributed by atoms with E-state index in [4.69, 9.17) is 18.6 Å². The fraction of sp³-hybridized carbons (Fsp3) is 0.250. The lowest BCUT2D eigenvalue weighted by Crippen LogP contribution is -2.28. The second kappa shape index (κ2) is 11.7. The second-order valence-corrected chi connectivity index (χ2v) is 9.58. The van der Waals surface area contributed by atoms with Crippen LogP contribution < -0.4 is 13.8 Å². The quantitative estimate of drug-likeness (QED) is 0.189. The smallest absolute Gasteiger partial charge is 0.342 e. The van der Waals surface area contributed by atoms with E-state index < -0.39 is 23.1 Å². The lowest BCUT2D eigenvalue weighted by atomic mass is 10.0. The Balaban J connectivity index is 1.83. The van der Waals surface area contributed by atoms with Gasteiger partial charge >= 0.3 is 5.97 Å². The molecule has 0 aliphatic rings. The summed E-state index contributed by atoms with van der Waals surface area (Å²) in [6.07, 6.45) is 0.128. The van der Waals surface area contributed by atoms with Crippen LogP contribution >= 0.6 is 0 Å². The molecule has 0 radical (unpaired) electrons. The minimum absolute atomic E-state index is 0.123. The zero-order valence-electron chi connectivity index (χ0n) is 21.4. The van der Waals surface area contributed by atoms with Gasteiger partial charge in [-0.15, -0.1) is 0 Å². The van der Waals surface area contributed by atoms with Crippen molar-refractivity contribution < 1.29 is 36.6 Å². The van der Waals surface area contributed by atoms with E-state index in [-0.39, 0.29) is 41.0 Å².